The van der Waals surface area contributed by atoms with Crippen LogP contribution < -0.4 is 0 Å². The van der Waals surface area contributed by atoms with Crippen molar-refractivity contribution in [2.75, 3.05) is 39.6 Å². The molecule has 0 spiro atoms. The summed E-state index contributed by atoms with van der Waals surface area (Å²) in [5.74, 6) is 0.298. The summed E-state index contributed by atoms with van der Waals surface area (Å²) in [7, 11) is -9.92. The number of phosphoric acid groups is 2. The number of phosphoric ester groups is 2. The highest BCUT2D eigenvalue weighted by Gasteiger charge is 2.30. The molecule has 0 radical (unpaired) electrons. The number of hydrogen-bond donors (Lipinski definition) is 3. The predicted molar refractivity (Wildman–Crippen MR) is 409 cm³/mol. The van der Waals surface area contributed by atoms with Crippen LogP contribution in [0.2, 0.25) is 0 Å². The van der Waals surface area contributed by atoms with Crippen molar-refractivity contribution in [1.29, 1.82) is 0 Å². The number of ether oxygens (including phenoxy) is 4. The molecule has 0 rings (SSSR count). The van der Waals surface area contributed by atoms with E-state index in [1.54, 1.807) is 0 Å². The summed E-state index contributed by atoms with van der Waals surface area (Å²) in [6.07, 6.45) is 59.4. The minimum absolute atomic E-state index is 0.106. The summed E-state index contributed by atoms with van der Waals surface area (Å²) in [5, 5.41) is 10.7. The number of hydrogen-bond acceptors (Lipinski definition) is 15. The van der Waals surface area contributed by atoms with E-state index >= 15 is 0 Å². The predicted octanol–water partition coefficient (Wildman–Crippen LogP) is 24.1. The monoisotopic (exact) mass is 1470 g/mol. The van der Waals surface area contributed by atoms with E-state index in [1.165, 1.54) is 231 Å². The fraction of sp³-hybridized carbons (Fsp3) is 0.951. The number of esters is 4. The lowest BCUT2D eigenvalue weighted by Gasteiger charge is -2.21. The Bertz CT molecular complexity index is 1940. The van der Waals surface area contributed by atoms with Crippen molar-refractivity contribution in [3.8, 4) is 0 Å². The Morgan fingerprint density at radius 2 is 0.510 bits per heavy atom. The Labute approximate surface area is 613 Å². The fourth-order valence-electron chi connectivity index (χ4n) is 12.4. The van der Waals surface area contributed by atoms with Gasteiger partial charge in [-0.3, -0.25) is 37.3 Å². The van der Waals surface area contributed by atoms with Crippen LogP contribution in [0.4, 0.5) is 0 Å². The first-order chi connectivity index (χ1) is 48.3. The molecule has 0 aromatic carbocycles. The first kappa shape index (κ1) is 98.1. The Morgan fingerprint density at radius 3 is 0.760 bits per heavy atom. The summed E-state index contributed by atoms with van der Waals surface area (Å²) in [6, 6.07) is 0. The van der Waals surface area contributed by atoms with Crippen molar-refractivity contribution in [1.82, 2.24) is 0 Å². The molecule has 100 heavy (non-hydrogen) atoms. The van der Waals surface area contributed by atoms with Gasteiger partial charge in [-0.15, -0.1) is 0 Å². The maximum atomic E-state index is 13.1. The molecule has 0 saturated heterocycles. The average molecular weight is 1470 g/mol. The SMILES string of the molecule is CCCCCCCCCCCCCCCCCC(=O)OC[C@H](COP(=O)(O)OC[C@@H](O)COP(=O)(O)OC[C@@H](COC(=O)CCCCCCCCCCCCC(C)C)OC(=O)CCCCCCCCCCCCC(C)CC)OC(=O)CCCCCCCCCCCCCCCCC(C)CC. The molecule has 19 heteroatoms. The second-order valence-corrected chi connectivity index (χ2v) is 33.0. The molecule has 0 aliphatic carbocycles. The van der Waals surface area contributed by atoms with Crippen LogP contribution in [0.3, 0.4) is 0 Å². The van der Waals surface area contributed by atoms with Gasteiger partial charge >= 0.3 is 39.5 Å². The molecule has 17 nitrogen and oxygen atoms in total. The van der Waals surface area contributed by atoms with Gasteiger partial charge in [-0.2, -0.15) is 0 Å². The number of carbonyl (C=O) groups excluding carboxylic acids is 4. The Balaban J connectivity index is 5.28. The van der Waals surface area contributed by atoms with E-state index in [-0.39, 0.29) is 25.7 Å². The van der Waals surface area contributed by atoms with Gasteiger partial charge in [0.05, 0.1) is 26.4 Å². The number of unbranched alkanes of at least 4 members (excludes halogenated alkanes) is 45. The Hall–Kier alpha value is -1.94. The van der Waals surface area contributed by atoms with E-state index in [1.807, 2.05) is 0 Å². The van der Waals surface area contributed by atoms with E-state index in [0.29, 0.717) is 25.7 Å². The van der Waals surface area contributed by atoms with Gasteiger partial charge in [-0.05, 0) is 43.4 Å². The van der Waals surface area contributed by atoms with E-state index < -0.39 is 97.5 Å². The third-order valence-electron chi connectivity index (χ3n) is 19.6. The molecule has 0 aliphatic heterocycles. The normalized spacial score (nSPS) is 14.5. The molecule has 594 valence electrons. The van der Waals surface area contributed by atoms with E-state index in [4.69, 9.17) is 37.0 Å². The van der Waals surface area contributed by atoms with Crippen LogP contribution in [0.1, 0.15) is 421 Å². The number of aliphatic hydroxyl groups excluding tert-OH is 1. The summed E-state index contributed by atoms with van der Waals surface area (Å²) in [5.41, 5.74) is 0. The van der Waals surface area contributed by atoms with E-state index in [0.717, 1.165) is 108 Å². The van der Waals surface area contributed by atoms with Crippen molar-refractivity contribution in [2.45, 2.75) is 439 Å². The molecular formula is C81H158O17P2. The summed E-state index contributed by atoms with van der Waals surface area (Å²) < 4.78 is 68.8. The molecule has 0 amide bonds. The van der Waals surface area contributed by atoms with Gasteiger partial charge in [0.15, 0.2) is 12.2 Å². The zero-order valence-corrected chi connectivity index (χ0v) is 67.5. The average Bonchev–Trinajstić information content (AvgIpc) is 0.961. The van der Waals surface area contributed by atoms with E-state index in [9.17, 15) is 43.2 Å². The second kappa shape index (κ2) is 71.3. The van der Waals surface area contributed by atoms with Gasteiger partial charge in [0.25, 0.3) is 0 Å². The fourth-order valence-corrected chi connectivity index (χ4v) is 14.0. The first-order valence-electron chi connectivity index (χ1n) is 41.9. The minimum atomic E-state index is -4.96. The van der Waals surface area contributed by atoms with Crippen LogP contribution in [0, 0.1) is 17.8 Å². The molecule has 0 aromatic rings. The van der Waals surface area contributed by atoms with Gasteiger partial charge in [-0.25, -0.2) is 9.13 Å². The quantitative estimate of drug-likeness (QED) is 0.0222. The third kappa shape index (κ3) is 71.7. The van der Waals surface area contributed by atoms with Crippen LogP contribution in [-0.4, -0.2) is 96.7 Å². The first-order valence-corrected chi connectivity index (χ1v) is 44.9. The van der Waals surface area contributed by atoms with Crippen LogP contribution in [0.25, 0.3) is 0 Å². The highest BCUT2D eigenvalue weighted by molar-refractivity contribution is 7.47. The van der Waals surface area contributed by atoms with Crippen LogP contribution in [-0.2, 0) is 65.4 Å². The zero-order chi connectivity index (χ0) is 73.7. The number of rotatable bonds is 79. The van der Waals surface area contributed by atoms with Gasteiger partial charge in [-0.1, -0.05) is 370 Å². The molecule has 0 aromatic heterocycles. The lowest BCUT2D eigenvalue weighted by molar-refractivity contribution is -0.161. The molecule has 7 atom stereocenters. The van der Waals surface area contributed by atoms with Gasteiger partial charge < -0.3 is 33.8 Å². The van der Waals surface area contributed by atoms with Crippen molar-refractivity contribution in [3.63, 3.8) is 0 Å². The van der Waals surface area contributed by atoms with Crippen LogP contribution >= 0.6 is 15.6 Å². The van der Waals surface area contributed by atoms with Crippen molar-refractivity contribution in [2.24, 2.45) is 17.8 Å². The summed E-state index contributed by atoms with van der Waals surface area (Å²) in [6.45, 7) is 12.0. The summed E-state index contributed by atoms with van der Waals surface area (Å²) in [4.78, 5) is 73.1. The molecule has 0 heterocycles. The molecule has 4 unspecified atom stereocenters. The van der Waals surface area contributed by atoms with Crippen molar-refractivity contribution < 1.29 is 80.2 Å². The standard InChI is InChI=1S/C81H158O17P2/c1-8-11-12-13-14-15-16-17-18-22-25-34-41-48-55-62-78(83)91-68-76(97-80(85)64-57-50-43-36-26-23-20-19-21-24-32-39-46-53-60-73(6)9-2)70-95-99(87,88)93-66-75(82)67-94-100(89,90)96-71-77(69-92-79(84)63-56-49-42-35-29-27-31-38-45-52-59-72(4)5)98-81(86)65-58-51-44-37-30-28-33-40-47-54-61-74(7)10-3/h72-77,82H,8-71H2,1-7H3,(H,87,88)(H,89,90)/t73?,74?,75-,76-,77-/m1/s1. The molecule has 0 aliphatic rings. The number of aliphatic hydroxyl groups is 1. The maximum absolute atomic E-state index is 13.1. The summed E-state index contributed by atoms with van der Waals surface area (Å²) >= 11 is 0. The van der Waals surface area contributed by atoms with Crippen molar-refractivity contribution in [3.05, 3.63) is 0 Å². The van der Waals surface area contributed by atoms with Crippen LogP contribution in [0.15, 0.2) is 0 Å². The van der Waals surface area contributed by atoms with E-state index in [2.05, 4.69) is 48.5 Å². The molecule has 0 bridgehead atoms. The largest absolute Gasteiger partial charge is 0.472 e. The highest BCUT2D eigenvalue weighted by atomic mass is 31.2. The van der Waals surface area contributed by atoms with Gasteiger partial charge in [0, 0.05) is 25.7 Å². The second-order valence-electron chi connectivity index (χ2n) is 30.1. The molecule has 0 saturated carbocycles. The third-order valence-corrected chi connectivity index (χ3v) is 21.5. The van der Waals surface area contributed by atoms with Crippen LogP contribution in [0.5, 0.6) is 0 Å². The Morgan fingerprint density at radius 1 is 0.290 bits per heavy atom. The molecule has 3 N–H and O–H groups in total. The lowest BCUT2D eigenvalue weighted by atomic mass is 9.99. The highest BCUT2D eigenvalue weighted by Crippen LogP contribution is 2.45. The zero-order valence-electron chi connectivity index (χ0n) is 65.7. The Kier molecular flexibility index (Phi) is 69.9. The molecular weight excluding hydrogens is 1310 g/mol. The van der Waals surface area contributed by atoms with Crippen molar-refractivity contribution >= 4 is 39.5 Å². The maximum Gasteiger partial charge on any atom is 0.472 e. The number of carbonyl (C=O) groups is 4. The molecule has 0 fully saturated rings. The minimum Gasteiger partial charge on any atom is -0.462 e. The lowest BCUT2D eigenvalue weighted by Crippen LogP contribution is -2.30. The van der Waals surface area contributed by atoms with Gasteiger partial charge in [0.2, 0.25) is 0 Å². The topological polar surface area (TPSA) is 237 Å². The smallest absolute Gasteiger partial charge is 0.462 e. The van der Waals surface area contributed by atoms with Gasteiger partial charge in [0.1, 0.15) is 19.3 Å².